The fraction of sp³-hybridized carbons (Fsp3) is 0. The van der Waals surface area contributed by atoms with Gasteiger partial charge in [-0.05, 0) is 106 Å². The Morgan fingerprint density at radius 3 is 1.04 bits per heavy atom. The van der Waals surface area contributed by atoms with Crippen LogP contribution in [0.4, 0.5) is 0 Å². The zero-order valence-corrected chi connectivity index (χ0v) is 26.5. The zero-order valence-electron chi connectivity index (χ0n) is 26.5. The van der Waals surface area contributed by atoms with Gasteiger partial charge in [0.2, 0.25) is 0 Å². The normalized spacial score (nSPS) is 11.3. The first-order valence-electron chi connectivity index (χ1n) is 16.6. The predicted octanol–water partition coefficient (Wildman–Crippen LogP) is 13.5. The zero-order chi connectivity index (χ0) is 31.9. The molecule has 0 spiro atoms. The highest BCUT2D eigenvalue weighted by atomic mass is 14.1. The Labute approximate surface area is 281 Å². The Hall–Kier alpha value is -6.24. The van der Waals surface area contributed by atoms with Crippen LogP contribution in [0.2, 0.25) is 0 Å². The van der Waals surface area contributed by atoms with E-state index in [0.29, 0.717) is 0 Å². The number of rotatable bonds is 5. The van der Waals surface area contributed by atoms with E-state index >= 15 is 0 Å². The molecule has 0 radical (unpaired) electrons. The third kappa shape index (κ3) is 5.24. The van der Waals surface area contributed by atoms with Crippen LogP contribution in [-0.4, -0.2) is 0 Å². The van der Waals surface area contributed by atoms with Crippen molar-refractivity contribution in [3.05, 3.63) is 194 Å². The largest absolute Gasteiger partial charge is 0.0616 e. The first-order chi connectivity index (χ1) is 23.7. The Morgan fingerprint density at radius 2 is 0.521 bits per heavy atom. The molecule has 0 atom stereocenters. The second kappa shape index (κ2) is 11.8. The molecule has 0 aliphatic rings. The lowest BCUT2D eigenvalue weighted by atomic mass is 9.94. The molecule has 0 aromatic heterocycles. The van der Waals surface area contributed by atoms with Crippen LogP contribution in [0.25, 0.3) is 88.0 Å². The number of hydrogen-bond donors (Lipinski definition) is 0. The van der Waals surface area contributed by atoms with E-state index in [4.69, 9.17) is 0 Å². The van der Waals surface area contributed by atoms with E-state index in [1.807, 2.05) is 0 Å². The van der Waals surface area contributed by atoms with E-state index in [0.717, 1.165) is 0 Å². The predicted molar refractivity (Wildman–Crippen MR) is 206 cm³/mol. The summed E-state index contributed by atoms with van der Waals surface area (Å²) >= 11 is 0. The average Bonchev–Trinajstić information content (AvgIpc) is 3.17. The lowest BCUT2D eigenvalue weighted by Gasteiger charge is -2.10. The van der Waals surface area contributed by atoms with E-state index in [9.17, 15) is 0 Å². The molecule has 0 N–H and O–H groups in total. The monoisotopic (exact) mass is 608 g/mol. The first-order valence-corrected chi connectivity index (χ1v) is 16.6. The van der Waals surface area contributed by atoms with E-state index in [2.05, 4.69) is 194 Å². The molecule has 9 rings (SSSR count). The van der Waals surface area contributed by atoms with Crippen molar-refractivity contribution in [3.63, 3.8) is 0 Å². The van der Waals surface area contributed by atoms with Crippen LogP contribution >= 0.6 is 0 Å². The van der Waals surface area contributed by atoms with Gasteiger partial charge in [-0.25, -0.2) is 0 Å². The standard InChI is InChI=1S/C48H32/c1-2-8-41-30-42(25-22-33(41)6-1)36-16-12-34(13-17-36)35-14-18-37(19-15-35)43-26-28-46-32-44(27-29-45(46)31-43)38-20-23-40(24-21-38)48-11-5-9-39-7-3-4-10-47(39)48/h1-32H. The van der Waals surface area contributed by atoms with Crippen molar-refractivity contribution in [2.24, 2.45) is 0 Å². The van der Waals surface area contributed by atoms with Crippen molar-refractivity contribution in [1.29, 1.82) is 0 Å². The van der Waals surface area contributed by atoms with E-state index < -0.39 is 0 Å². The molecular weight excluding hydrogens is 577 g/mol. The minimum atomic E-state index is 1.22. The van der Waals surface area contributed by atoms with Crippen molar-refractivity contribution in [2.45, 2.75) is 0 Å². The second-order valence-electron chi connectivity index (χ2n) is 12.6. The summed E-state index contributed by atoms with van der Waals surface area (Å²) in [5.74, 6) is 0. The summed E-state index contributed by atoms with van der Waals surface area (Å²) in [5.41, 5.74) is 12.4. The van der Waals surface area contributed by atoms with Crippen LogP contribution in [0.5, 0.6) is 0 Å². The number of hydrogen-bond acceptors (Lipinski definition) is 0. The van der Waals surface area contributed by atoms with Gasteiger partial charge in [-0.15, -0.1) is 0 Å². The molecule has 0 amide bonds. The summed E-state index contributed by atoms with van der Waals surface area (Å²) < 4.78 is 0. The maximum absolute atomic E-state index is 2.30. The molecule has 0 aliphatic heterocycles. The molecule has 0 saturated heterocycles. The lowest BCUT2D eigenvalue weighted by molar-refractivity contribution is 1.59. The average molecular weight is 609 g/mol. The molecule has 0 aliphatic carbocycles. The minimum Gasteiger partial charge on any atom is -0.0616 e. The highest BCUT2D eigenvalue weighted by Crippen LogP contribution is 2.34. The van der Waals surface area contributed by atoms with Gasteiger partial charge in [-0.3, -0.25) is 0 Å². The fourth-order valence-corrected chi connectivity index (χ4v) is 7.00. The maximum Gasteiger partial charge on any atom is -0.0105 e. The summed E-state index contributed by atoms with van der Waals surface area (Å²) in [6.07, 6.45) is 0. The van der Waals surface area contributed by atoms with Crippen molar-refractivity contribution in [1.82, 2.24) is 0 Å². The van der Waals surface area contributed by atoms with Gasteiger partial charge in [0, 0.05) is 0 Å². The lowest BCUT2D eigenvalue weighted by Crippen LogP contribution is -1.84. The Balaban J connectivity index is 0.932. The van der Waals surface area contributed by atoms with Gasteiger partial charge in [0.1, 0.15) is 0 Å². The molecule has 224 valence electrons. The van der Waals surface area contributed by atoms with Gasteiger partial charge in [0.05, 0.1) is 0 Å². The van der Waals surface area contributed by atoms with Crippen molar-refractivity contribution in [3.8, 4) is 55.6 Å². The van der Waals surface area contributed by atoms with Crippen LogP contribution in [0.15, 0.2) is 194 Å². The molecule has 0 unspecified atom stereocenters. The van der Waals surface area contributed by atoms with Gasteiger partial charge < -0.3 is 0 Å². The summed E-state index contributed by atoms with van der Waals surface area (Å²) in [7, 11) is 0. The third-order valence-electron chi connectivity index (χ3n) is 9.68. The Bertz CT molecular complexity index is 2570. The molecule has 0 saturated carbocycles. The molecule has 0 heteroatoms. The van der Waals surface area contributed by atoms with Crippen molar-refractivity contribution < 1.29 is 0 Å². The van der Waals surface area contributed by atoms with Crippen LogP contribution in [0, 0.1) is 0 Å². The number of fused-ring (bicyclic) bond motifs is 3. The van der Waals surface area contributed by atoms with E-state index in [1.165, 1.54) is 88.0 Å². The van der Waals surface area contributed by atoms with Gasteiger partial charge in [-0.1, -0.05) is 176 Å². The summed E-state index contributed by atoms with van der Waals surface area (Å²) in [5, 5.41) is 7.59. The smallest absolute Gasteiger partial charge is 0.0105 e. The minimum absolute atomic E-state index is 1.22. The highest BCUT2D eigenvalue weighted by Gasteiger charge is 2.08. The highest BCUT2D eigenvalue weighted by molar-refractivity contribution is 5.97. The third-order valence-corrected chi connectivity index (χ3v) is 9.68. The second-order valence-corrected chi connectivity index (χ2v) is 12.6. The quantitative estimate of drug-likeness (QED) is 0.182. The summed E-state index contributed by atoms with van der Waals surface area (Å²) in [6, 6.07) is 70.7. The molecular formula is C48H32. The van der Waals surface area contributed by atoms with E-state index in [-0.39, 0.29) is 0 Å². The topological polar surface area (TPSA) is 0 Å². The number of benzene rings is 9. The van der Waals surface area contributed by atoms with Gasteiger partial charge in [0.25, 0.3) is 0 Å². The maximum atomic E-state index is 2.30. The molecule has 48 heavy (non-hydrogen) atoms. The van der Waals surface area contributed by atoms with E-state index in [1.54, 1.807) is 0 Å². The fourth-order valence-electron chi connectivity index (χ4n) is 7.00. The van der Waals surface area contributed by atoms with Crippen LogP contribution in [-0.2, 0) is 0 Å². The van der Waals surface area contributed by atoms with Gasteiger partial charge >= 0.3 is 0 Å². The Kier molecular flexibility index (Phi) is 6.91. The van der Waals surface area contributed by atoms with Crippen molar-refractivity contribution >= 4 is 32.3 Å². The molecule has 9 aromatic rings. The van der Waals surface area contributed by atoms with Crippen molar-refractivity contribution in [2.75, 3.05) is 0 Å². The Morgan fingerprint density at radius 1 is 0.188 bits per heavy atom. The van der Waals surface area contributed by atoms with Crippen LogP contribution < -0.4 is 0 Å². The molecule has 0 fully saturated rings. The summed E-state index contributed by atoms with van der Waals surface area (Å²) in [4.78, 5) is 0. The molecule has 0 nitrogen and oxygen atoms in total. The molecule has 0 heterocycles. The van der Waals surface area contributed by atoms with Gasteiger partial charge in [-0.2, -0.15) is 0 Å². The first kappa shape index (κ1) is 28.0. The summed E-state index contributed by atoms with van der Waals surface area (Å²) in [6.45, 7) is 0. The SMILES string of the molecule is c1ccc2cc(-c3ccc(-c4ccc(-c5ccc6cc(-c7ccc(-c8cccc9ccccc89)cc7)ccc6c5)cc4)cc3)ccc2c1. The van der Waals surface area contributed by atoms with Crippen LogP contribution in [0.3, 0.4) is 0 Å². The molecule has 0 bridgehead atoms. The molecule has 9 aromatic carbocycles. The van der Waals surface area contributed by atoms with Gasteiger partial charge in [0.15, 0.2) is 0 Å². The van der Waals surface area contributed by atoms with Crippen LogP contribution in [0.1, 0.15) is 0 Å².